The molecule has 6 nitrogen and oxygen atoms in total. The summed E-state index contributed by atoms with van der Waals surface area (Å²) in [6, 6.07) is 11.2. The van der Waals surface area contributed by atoms with Crippen molar-refractivity contribution in [2.24, 2.45) is 51.2 Å². The first-order valence-corrected chi connectivity index (χ1v) is 18.7. The van der Waals surface area contributed by atoms with Crippen molar-refractivity contribution in [3.63, 3.8) is 0 Å². The maximum atomic E-state index is 13.6. The van der Waals surface area contributed by atoms with Gasteiger partial charge in [0.05, 0.1) is 11.8 Å². The first kappa shape index (κ1) is 34.1. The number of pyridine rings is 1. The van der Waals surface area contributed by atoms with E-state index < -0.39 is 5.97 Å². The van der Waals surface area contributed by atoms with E-state index in [1.165, 1.54) is 36.8 Å². The summed E-state index contributed by atoms with van der Waals surface area (Å²) in [7, 11) is 0. The number of hydrogen-bond donors (Lipinski definition) is 2. The van der Waals surface area contributed by atoms with E-state index in [2.05, 4.69) is 64.5 Å². The number of ether oxygens (including phenoxy) is 1. The molecule has 49 heavy (non-hydrogen) atoms. The SMILES string of the molecule is C=C(C)[C@@H]1CC[C@]2(NC(=O)COc3cccnc3)CC[C@]3(C)[C@H](CC[C@@H]4[C@@]5(C)CC=C(c6ccc(C(=O)O)cc6)C(C)(C)[C@@H]5CC[C@]43C)[C@@H]12. The van der Waals surface area contributed by atoms with Crippen molar-refractivity contribution in [3.05, 3.63) is 78.1 Å². The Balaban J connectivity index is 1.17. The summed E-state index contributed by atoms with van der Waals surface area (Å²) in [5.74, 6) is 2.21. The van der Waals surface area contributed by atoms with Gasteiger partial charge in [-0.3, -0.25) is 9.78 Å². The van der Waals surface area contributed by atoms with E-state index in [-0.39, 0.29) is 39.7 Å². The molecule has 4 saturated carbocycles. The van der Waals surface area contributed by atoms with Gasteiger partial charge in [0.15, 0.2) is 6.61 Å². The van der Waals surface area contributed by atoms with Gasteiger partial charge in [0, 0.05) is 11.7 Å². The summed E-state index contributed by atoms with van der Waals surface area (Å²) >= 11 is 0. The molecule has 262 valence electrons. The summed E-state index contributed by atoms with van der Waals surface area (Å²) in [6.07, 6.45) is 16.0. The van der Waals surface area contributed by atoms with Crippen LogP contribution in [0.1, 0.15) is 115 Å². The summed E-state index contributed by atoms with van der Waals surface area (Å²) in [5.41, 5.74) is 4.47. The van der Waals surface area contributed by atoms with Crippen molar-refractivity contribution in [2.75, 3.05) is 6.61 Å². The van der Waals surface area contributed by atoms with Crippen LogP contribution in [0.25, 0.3) is 5.57 Å². The van der Waals surface area contributed by atoms with Crippen molar-refractivity contribution in [3.8, 4) is 5.75 Å². The van der Waals surface area contributed by atoms with Gasteiger partial charge in [0.2, 0.25) is 0 Å². The zero-order valence-electron chi connectivity index (χ0n) is 30.5. The lowest BCUT2D eigenvalue weighted by atomic mass is 9.33. The molecule has 2 aromatic rings. The second-order valence-corrected chi connectivity index (χ2v) is 17.8. The Morgan fingerprint density at radius 3 is 2.37 bits per heavy atom. The largest absolute Gasteiger partial charge is 0.482 e. The Morgan fingerprint density at radius 1 is 0.939 bits per heavy atom. The standard InChI is InChI=1S/C43H56N2O4/c1-27(2)31-16-21-43(45-36(46)26-49-30-9-8-24-44-25-30)23-22-41(6)33(37(31)43)14-15-35-40(5)19-17-32(28-10-12-29(13-11-28)38(47)48)39(3,4)34(40)18-20-42(35,41)7/h8-13,17,24-25,31,33-35,37H,1,14-16,18-23,26H2,2-7H3,(H,45,46)(H,47,48)/t31-,33+,34-,35+,37+,40-,41+,42+,43-/m0/s1. The minimum absolute atomic E-state index is 0.00830. The molecule has 1 heterocycles. The number of aromatic carboxylic acids is 1. The Morgan fingerprint density at radius 2 is 1.69 bits per heavy atom. The maximum Gasteiger partial charge on any atom is 0.335 e. The van der Waals surface area contributed by atoms with Crippen LogP contribution in [0, 0.1) is 51.2 Å². The average molecular weight is 665 g/mol. The number of aromatic nitrogens is 1. The van der Waals surface area contributed by atoms with Gasteiger partial charge in [0.1, 0.15) is 5.75 Å². The van der Waals surface area contributed by atoms with E-state index in [0.717, 1.165) is 37.7 Å². The van der Waals surface area contributed by atoms with Crippen LogP contribution in [-0.2, 0) is 4.79 Å². The number of carbonyl (C=O) groups is 2. The number of benzene rings is 1. The number of rotatable bonds is 7. The van der Waals surface area contributed by atoms with Crippen LogP contribution in [0.5, 0.6) is 5.75 Å². The van der Waals surface area contributed by atoms with Gasteiger partial charge in [-0.1, -0.05) is 65.0 Å². The van der Waals surface area contributed by atoms with Gasteiger partial charge in [-0.25, -0.2) is 4.79 Å². The lowest BCUT2D eigenvalue weighted by Crippen LogP contribution is -2.68. The van der Waals surface area contributed by atoms with Crippen LogP contribution in [0.15, 0.2) is 67.0 Å². The number of fused-ring (bicyclic) bond motifs is 7. The molecule has 0 unspecified atom stereocenters. The van der Waals surface area contributed by atoms with E-state index in [0.29, 0.717) is 40.9 Å². The van der Waals surface area contributed by atoms with Crippen molar-refractivity contribution >= 4 is 17.4 Å². The molecule has 2 N–H and O–H groups in total. The Labute approximate surface area is 293 Å². The highest BCUT2D eigenvalue weighted by Crippen LogP contribution is 2.76. The van der Waals surface area contributed by atoms with Gasteiger partial charge in [-0.2, -0.15) is 0 Å². The maximum absolute atomic E-state index is 13.6. The Hall–Kier alpha value is -3.41. The fraction of sp³-hybridized carbons (Fsp3) is 0.605. The van der Waals surface area contributed by atoms with E-state index in [1.807, 2.05) is 24.3 Å². The topological polar surface area (TPSA) is 88.5 Å². The lowest BCUT2D eigenvalue weighted by molar-refractivity contribution is -0.219. The summed E-state index contributed by atoms with van der Waals surface area (Å²) in [5, 5.41) is 13.1. The molecule has 6 heteroatoms. The average Bonchev–Trinajstić information content (AvgIpc) is 3.44. The number of nitrogens with zero attached hydrogens (tertiary/aromatic N) is 1. The number of hydrogen-bond acceptors (Lipinski definition) is 4. The summed E-state index contributed by atoms with van der Waals surface area (Å²) < 4.78 is 5.85. The summed E-state index contributed by atoms with van der Waals surface area (Å²) in [4.78, 5) is 29.2. The Kier molecular flexibility index (Phi) is 8.23. The first-order chi connectivity index (χ1) is 23.2. The normalized spacial score (nSPS) is 38.9. The van der Waals surface area contributed by atoms with Crippen LogP contribution < -0.4 is 10.1 Å². The Bertz CT molecular complexity index is 1660. The monoisotopic (exact) mass is 664 g/mol. The van der Waals surface area contributed by atoms with Crippen LogP contribution in [0.3, 0.4) is 0 Å². The third-order valence-corrected chi connectivity index (χ3v) is 15.5. The highest BCUT2D eigenvalue weighted by molar-refractivity contribution is 5.88. The molecule has 0 bridgehead atoms. The highest BCUT2D eigenvalue weighted by Gasteiger charge is 2.70. The minimum atomic E-state index is -0.879. The van der Waals surface area contributed by atoms with Crippen LogP contribution in [0.2, 0.25) is 0 Å². The lowest BCUT2D eigenvalue weighted by Gasteiger charge is -2.72. The van der Waals surface area contributed by atoms with E-state index >= 15 is 0 Å². The molecule has 5 aliphatic rings. The van der Waals surface area contributed by atoms with E-state index in [4.69, 9.17) is 4.74 Å². The number of carboxylic acid groups (broad SMARTS) is 1. The minimum Gasteiger partial charge on any atom is -0.482 e. The highest BCUT2D eigenvalue weighted by atomic mass is 16.5. The number of carbonyl (C=O) groups excluding carboxylic acids is 1. The fourth-order valence-corrected chi connectivity index (χ4v) is 13.2. The quantitative estimate of drug-likeness (QED) is 0.288. The molecule has 7 rings (SSSR count). The van der Waals surface area contributed by atoms with Gasteiger partial charge in [0.25, 0.3) is 5.91 Å². The third kappa shape index (κ3) is 5.13. The molecule has 1 aromatic carbocycles. The van der Waals surface area contributed by atoms with Crippen molar-refractivity contribution in [1.82, 2.24) is 10.3 Å². The second kappa shape index (κ2) is 11.8. The molecule has 5 aliphatic carbocycles. The van der Waals surface area contributed by atoms with Crippen molar-refractivity contribution < 1.29 is 19.4 Å². The molecular formula is C43H56N2O4. The zero-order valence-corrected chi connectivity index (χ0v) is 30.5. The second-order valence-electron chi connectivity index (χ2n) is 17.8. The third-order valence-electron chi connectivity index (χ3n) is 15.5. The molecule has 1 aromatic heterocycles. The molecule has 1 amide bonds. The molecule has 4 fully saturated rings. The number of carboxylic acids is 1. The molecule has 0 aliphatic heterocycles. The van der Waals surface area contributed by atoms with E-state index in [1.54, 1.807) is 24.5 Å². The zero-order chi connectivity index (χ0) is 35.0. The van der Waals surface area contributed by atoms with Gasteiger partial charge >= 0.3 is 5.97 Å². The molecule has 9 atom stereocenters. The van der Waals surface area contributed by atoms with Gasteiger partial charge in [-0.15, -0.1) is 0 Å². The predicted molar refractivity (Wildman–Crippen MR) is 194 cm³/mol. The smallest absolute Gasteiger partial charge is 0.335 e. The van der Waals surface area contributed by atoms with E-state index in [9.17, 15) is 14.7 Å². The van der Waals surface area contributed by atoms with Crippen molar-refractivity contribution in [2.45, 2.75) is 105 Å². The van der Waals surface area contributed by atoms with Gasteiger partial charge < -0.3 is 15.2 Å². The predicted octanol–water partition coefficient (Wildman–Crippen LogP) is 9.38. The number of amides is 1. The van der Waals surface area contributed by atoms with Crippen molar-refractivity contribution in [1.29, 1.82) is 0 Å². The van der Waals surface area contributed by atoms with Gasteiger partial charge in [-0.05, 0) is 151 Å². The molecule has 0 spiro atoms. The van der Waals surface area contributed by atoms with Crippen LogP contribution in [-0.4, -0.2) is 34.1 Å². The van der Waals surface area contributed by atoms with Crippen LogP contribution in [0.4, 0.5) is 0 Å². The fourth-order valence-electron chi connectivity index (χ4n) is 13.2. The molecular weight excluding hydrogens is 608 g/mol. The number of allylic oxidation sites excluding steroid dienone is 3. The molecule has 0 saturated heterocycles. The van der Waals surface area contributed by atoms with Crippen LogP contribution >= 0.6 is 0 Å². The number of nitrogens with one attached hydrogen (secondary N) is 1. The molecule has 0 radical (unpaired) electrons. The summed E-state index contributed by atoms with van der Waals surface area (Å²) in [6.45, 7) is 19.5. The first-order valence-electron chi connectivity index (χ1n) is 18.7.